The van der Waals surface area contributed by atoms with Crippen LogP contribution in [0.15, 0.2) is 77.7 Å². The van der Waals surface area contributed by atoms with Crippen LogP contribution in [-0.2, 0) is 14.8 Å². The second kappa shape index (κ2) is 10.3. The van der Waals surface area contributed by atoms with Gasteiger partial charge in [-0.3, -0.25) is 9.10 Å². The molecule has 0 aliphatic carbocycles. The van der Waals surface area contributed by atoms with Crippen LogP contribution in [-0.4, -0.2) is 26.5 Å². The van der Waals surface area contributed by atoms with E-state index in [1.54, 1.807) is 30.3 Å². The number of ether oxygens (including phenoxy) is 1. The number of hydrogen-bond donors (Lipinski definition) is 1. The van der Waals surface area contributed by atoms with E-state index < -0.39 is 10.0 Å². The molecule has 1 heterocycles. The highest BCUT2D eigenvalue weighted by Crippen LogP contribution is 2.42. The minimum atomic E-state index is -3.97. The van der Waals surface area contributed by atoms with Crippen molar-refractivity contribution in [2.75, 3.05) is 10.8 Å². The Balaban J connectivity index is 1.68. The first-order valence-electron chi connectivity index (χ1n) is 12.4. The summed E-state index contributed by atoms with van der Waals surface area (Å²) in [4.78, 5) is 13.7. The molecular weight excluding hydrogens is 472 g/mol. The number of hydrogen-bond acceptors (Lipinski definition) is 4. The van der Waals surface area contributed by atoms with Gasteiger partial charge < -0.3 is 10.1 Å². The lowest BCUT2D eigenvalue weighted by Gasteiger charge is -2.41. The molecule has 0 aromatic heterocycles. The van der Waals surface area contributed by atoms with E-state index in [1.165, 1.54) is 4.31 Å². The summed E-state index contributed by atoms with van der Waals surface area (Å²) in [7, 11) is -3.97. The molecule has 1 aliphatic heterocycles. The lowest BCUT2D eigenvalue weighted by atomic mass is 9.83. The van der Waals surface area contributed by atoms with Gasteiger partial charge >= 0.3 is 0 Å². The fraction of sp³-hybridized carbons (Fsp3) is 0.345. The molecule has 0 saturated heterocycles. The lowest BCUT2D eigenvalue weighted by molar-refractivity contribution is -0.121. The molecule has 36 heavy (non-hydrogen) atoms. The van der Waals surface area contributed by atoms with Crippen molar-refractivity contribution in [1.82, 2.24) is 5.32 Å². The zero-order valence-corrected chi connectivity index (χ0v) is 22.1. The van der Waals surface area contributed by atoms with Crippen LogP contribution in [0.4, 0.5) is 5.69 Å². The number of nitrogens with zero attached hydrogens (tertiary/aromatic N) is 1. The zero-order valence-electron chi connectivity index (χ0n) is 21.3. The summed E-state index contributed by atoms with van der Waals surface area (Å²) in [6, 6.07) is 21.3. The van der Waals surface area contributed by atoms with E-state index in [-0.39, 0.29) is 29.0 Å². The molecule has 3 aromatic rings. The Bertz CT molecular complexity index is 1330. The monoisotopic (exact) mass is 506 g/mol. The van der Waals surface area contributed by atoms with Crippen LogP contribution in [0, 0.1) is 13.8 Å². The van der Waals surface area contributed by atoms with Crippen LogP contribution in [0.5, 0.6) is 5.75 Å². The Morgan fingerprint density at radius 2 is 1.67 bits per heavy atom. The number of rotatable bonds is 8. The number of aryl methyl sites for hydroxylation is 2. The minimum absolute atomic E-state index is 0.145. The van der Waals surface area contributed by atoms with Crippen LogP contribution in [0.2, 0.25) is 0 Å². The smallest absolute Gasteiger partial charge is 0.264 e. The molecule has 1 N–H and O–H groups in total. The maximum atomic E-state index is 13.7. The van der Waals surface area contributed by atoms with Gasteiger partial charge in [-0.2, -0.15) is 0 Å². The van der Waals surface area contributed by atoms with Gasteiger partial charge in [0.05, 0.1) is 16.6 Å². The van der Waals surface area contributed by atoms with Crippen molar-refractivity contribution >= 4 is 21.6 Å². The predicted octanol–water partition coefficient (Wildman–Crippen LogP) is 5.70. The van der Waals surface area contributed by atoms with E-state index >= 15 is 0 Å². The SMILES string of the molecule is CCC1(CC)C[C@@H](NC(=O)CN(c2cc(C)ccc2C)S(=O)(=O)c2ccccc2)c2ccccc2O1. The van der Waals surface area contributed by atoms with Crippen molar-refractivity contribution < 1.29 is 17.9 Å². The van der Waals surface area contributed by atoms with Gasteiger partial charge in [0.25, 0.3) is 10.0 Å². The fourth-order valence-corrected chi connectivity index (χ4v) is 6.31. The molecule has 1 atom stereocenters. The average Bonchev–Trinajstić information content (AvgIpc) is 2.89. The fourth-order valence-electron chi connectivity index (χ4n) is 4.81. The number of fused-ring (bicyclic) bond motifs is 1. The van der Waals surface area contributed by atoms with Gasteiger partial charge in [0.2, 0.25) is 5.91 Å². The van der Waals surface area contributed by atoms with Crippen molar-refractivity contribution in [2.45, 2.75) is 63.5 Å². The Morgan fingerprint density at radius 3 is 2.36 bits per heavy atom. The average molecular weight is 507 g/mol. The molecule has 1 amide bonds. The van der Waals surface area contributed by atoms with Gasteiger partial charge in [-0.15, -0.1) is 0 Å². The van der Waals surface area contributed by atoms with Gasteiger partial charge in [0, 0.05) is 12.0 Å². The summed E-state index contributed by atoms with van der Waals surface area (Å²) in [5.41, 5.74) is 2.72. The Hall–Kier alpha value is -3.32. The first-order chi connectivity index (χ1) is 17.2. The number of sulfonamides is 1. The maximum absolute atomic E-state index is 13.7. The first kappa shape index (κ1) is 25.8. The van der Waals surface area contributed by atoms with Gasteiger partial charge in [-0.05, 0) is 62.1 Å². The highest BCUT2D eigenvalue weighted by atomic mass is 32.2. The molecule has 0 radical (unpaired) electrons. The molecule has 0 bridgehead atoms. The van der Waals surface area contributed by atoms with E-state index in [0.717, 1.165) is 35.3 Å². The number of carbonyl (C=O) groups is 1. The second-order valence-corrected chi connectivity index (χ2v) is 11.3. The van der Waals surface area contributed by atoms with E-state index in [1.807, 2.05) is 56.3 Å². The van der Waals surface area contributed by atoms with Crippen LogP contribution in [0.1, 0.15) is 55.8 Å². The molecule has 7 heteroatoms. The molecule has 0 unspecified atom stereocenters. The van der Waals surface area contributed by atoms with Crippen LogP contribution in [0.25, 0.3) is 0 Å². The summed E-state index contributed by atoms with van der Waals surface area (Å²) in [6.07, 6.45) is 2.24. The Kier molecular flexibility index (Phi) is 7.41. The Labute approximate surface area is 214 Å². The maximum Gasteiger partial charge on any atom is 0.264 e. The molecule has 1 aliphatic rings. The number of anilines is 1. The first-order valence-corrected chi connectivity index (χ1v) is 13.9. The van der Waals surface area contributed by atoms with E-state index in [2.05, 4.69) is 19.2 Å². The predicted molar refractivity (Wildman–Crippen MR) is 143 cm³/mol. The summed E-state index contributed by atoms with van der Waals surface area (Å²) < 4.78 is 35.1. The van der Waals surface area contributed by atoms with Crippen molar-refractivity contribution in [3.63, 3.8) is 0 Å². The normalized spacial score (nSPS) is 16.5. The Morgan fingerprint density at radius 1 is 1.00 bits per heavy atom. The molecule has 190 valence electrons. The summed E-state index contributed by atoms with van der Waals surface area (Å²) in [5, 5.41) is 3.13. The molecule has 0 fully saturated rings. The molecule has 3 aromatic carbocycles. The summed E-state index contributed by atoms with van der Waals surface area (Å²) >= 11 is 0. The third-order valence-corrected chi connectivity index (χ3v) is 8.85. The highest BCUT2D eigenvalue weighted by Gasteiger charge is 2.39. The van der Waals surface area contributed by atoms with E-state index in [0.29, 0.717) is 12.1 Å². The molecular formula is C29H34N2O4S. The number of benzene rings is 3. The second-order valence-electron chi connectivity index (χ2n) is 9.47. The third-order valence-electron chi connectivity index (χ3n) is 7.07. The van der Waals surface area contributed by atoms with E-state index in [9.17, 15) is 13.2 Å². The highest BCUT2D eigenvalue weighted by molar-refractivity contribution is 7.92. The van der Waals surface area contributed by atoms with Gasteiger partial charge in [-0.1, -0.05) is 62.4 Å². The third kappa shape index (κ3) is 5.12. The van der Waals surface area contributed by atoms with Crippen molar-refractivity contribution in [3.8, 4) is 5.75 Å². The molecule has 4 rings (SSSR count). The number of para-hydroxylation sites is 1. The minimum Gasteiger partial charge on any atom is -0.487 e. The van der Waals surface area contributed by atoms with Gasteiger partial charge in [0.1, 0.15) is 17.9 Å². The van der Waals surface area contributed by atoms with Crippen molar-refractivity contribution in [2.24, 2.45) is 0 Å². The van der Waals surface area contributed by atoms with Gasteiger partial charge in [0.15, 0.2) is 0 Å². The largest absolute Gasteiger partial charge is 0.487 e. The quantitative estimate of drug-likeness (QED) is 0.425. The summed E-state index contributed by atoms with van der Waals surface area (Å²) in [5.74, 6) is 0.402. The topological polar surface area (TPSA) is 75.7 Å². The van der Waals surface area contributed by atoms with Gasteiger partial charge in [-0.25, -0.2) is 8.42 Å². The molecule has 0 spiro atoms. The van der Waals surface area contributed by atoms with Crippen molar-refractivity contribution in [3.05, 3.63) is 89.5 Å². The van der Waals surface area contributed by atoms with Crippen LogP contribution < -0.4 is 14.4 Å². The van der Waals surface area contributed by atoms with Crippen LogP contribution >= 0.6 is 0 Å². The molecule has 6 nitrogen and oxygen atoms in total. The lowest BCUT2D eigenvalue weighted by Crippen LogP contribution is -2.47. The zero-order chi connectivity index (χ0) is 25.9. The standard InChI is InChI=1S/C29H34N2O4S/c1-5-29(6-2)19-25(24-14-10-11-15-27(24)35-29)30-28(32)20-31(26-18-21(3)16-17-22(26)4)36(33,34)23-12-8-7-9-13-23/h7-18,25H,5-6,19-20H2,1-4H3,(H,30,32)/t25-/m1/s1. The number of amides is 1. The van der Waals surface area contributed by atoms with E-state index in [4.69, 9.17) is 4.74 Å². The molecule has 0 saturated carbocycles. The number of nitrogens with one attached hydrogen (secondary N) is 1. The number of carbonyl (C=O) groups excluding carboxylic acids is 1. The van der Waals surface area contributed by atoms with Crippen molar-refractivity contribution in [1.29, 1.82) is 0 Å². The van der Waals surface area contributed by atoms with Crippen LogP contribution in [0.3, 0.4) is 0 Å². The summed E-state index contributed by atoms with van der Waals surface area (Å²) in [6.45, 7) is 7.61.